The predicted octanol–water partition coefficient (Wildman–Crippen LogP) is 3.49. The van der Waals surface area contributed by atoms with Gasteiger partial charge >= 0.3 is 0 Å². The highest BCUT2D eigenvalue weighted by Gasteiger charge is 2.23. The molecule has 1 fully saturated rings. The van der Waals surface area contributed by atoms with Gasteiger partial charge < -0.3 is 9.88 Å². The molecule has 4 rings (SSSR count). The second-order valence-electron chi connectivity index (χ2n) is 5.61. The highest BCUT2D eigenvalue weighted by molar-refractivity contribution is 5.78. The standard InChI is InChI=1S/C17H18N4/c1-12-18-15-11-14(13-7-3-2-4-8-13)20-16(15)17(19-12)21-9-5-6-10-21/h2-4,7-8,11H,5-6,9-10H2,1H3,(H,18,19). The fourth-order valence-electron chi connectivity index (χ4n) is 3.02. The first kappa shape index (κ1) is 12.4. The second kappa shape index (κ2) is 4.88. The van der Waals surface area contributed by atoms with Crippen molar-refractivity contribution in [1.82, 2.24) is 15.0 Å². The molecular formula is C17H18N4. The van der Waals surface area contributed by atoms with E-state index in [1.165, 1.54) is 12.8 Å². The maximum atomic E-state index is 4.83. The molecule has 4 nitrogen and oxygen atoms in total. The monoisotopic (exact) mass is 278 g/mol. The number of aromatic amines is 1. The zero-order chi connectivity index (χ0) is 14.2. The van der Waals surface area contributed by atoms with Gasteiger partial charge in [-0.15, -0.1) is 0 Å². The van der Waals surface area contributed by atoms with Gasteiger partial charge in [-0.2, -0.15) is 0 Å². The molecule has 4 heteroatoms. The van der Waals surface area contributed by atoms with Crippen LogP contribution in [0.15, 0.2) is 36.4 Å². The lowest BCUT2D eigenvalue weighted by Crippen LogP contribution is -2.21. The van der Waals surface area contributed by atoms with Crippen LogP contribution in [0.5, 0.6) is 0 Å². The Morgan fingerprint density at radius 3 is 2.57 bits per heavy atom. The molecule has 1 aromatic carbocycles. The third-order valence-electron chi connectivity index (χ3n) is 4.04. The quantitative estimate of drug-likeness (QED) is 0.780. The van der Waals surface area contributed by atoms with E-state index >= 15 is 0 Å². The summed E-state index contributed by atoms with van der Waals surface area (Å²) < 4.78 is 0. The van der Waals surface area contributed by atoms with Crippen molar-refractivity contribution in [3.05, 3.63) is 42.2 Å². The Hall–Kier alpha value is -2.36. The lowest BCUT2D eigenvalue weighted by molar-refractivity contribution is 0.907. The minimum Gasteiger partial charge on any atom is -0.355 e. The van der Waals surface area contributed by atoms with Crippen molar-refractivity contribution in [3.63, 3.8) is 0 Å². The number of nitrogens with zero attached hydrogens (tertiary/aromatic N) is 3. The van der Waals surface area contributed by atoms with Crippen LogP contribution in [0.4, 0.5) is 5.82 Å². The summed E-state index contributed by atoms with van der Waals surface area (Å²) in [5, 5.41) is 0. The van der Waals surface area contributed by atoms with E-state index in [0.717, 1.165) is 47.4 Å². The molecule has 1 aromatic rings. The van der Waals surface area contributed by atoms with Crippen LogP contribution in [0, 0.1) is 6.92 Å². The number of nitrogens with one attached hydrogen (secondary N) is 1. The number of aryl methyl sites for hydroxylation is 1. The number of anilines is 1. The average molecular weight is 278 g/mol. The van der Waals surface area contributed by atoms with Crippen LogP contribution in [0.3, 0.4) is 0 Å². The molecule has 106 valence electrons. The van der Waals surface area contributed by atoms with E-state index < -0.39 is 0 Å². The molecule has 0 saturated carbocycles. The van der Waals surface area contributed by atoms with Gasteiger partial charge in [-0.3, -0.25) is 0 Å². The summed E-state index contributed by atoms with van der Waals surface area (Å²) in [4.78, 5) is 15.2. The molecule has 0 unspecified atom stereocenters. The van der Waals surface area contributed by atoms with Gasteiger partial charge in [-0.05, 0) is 25.8 Å². The molecule has 3 aliphatic rings. The Labute approximate surface area is 124 Å². The van der Waals surface area contributed by atoms with Crippen LogP contribution in [0.25, 0.3) is 22.6 Å². The Morgan fingerprint density at radius 1 is 1.05 bits per heavy atom. The van der Waals surface area contributed by atoms with E-state index in [2.05, 4.69) is 28.1 Å². The van der Waals surface area contributed by atoms with Gasteiger partial charge in [0, 0.05) is 18.7 Å². The molecule has 0 aromatic heterocycles. The molecule has 3 aliphatic heterocycles. The van der Waals surface area contributed by atoms with E-state index in [-0.39, 0.29) is 0 Å². The molecule has 0 atom stereocenters. The number of rotatable bonds is 2. The minimum absolute atomic E-state index is 0.941. The lowest BCUT2D eigenvalue weighted by atomic mass is 10.1. The third-order valence-corrected chi connectivity index (χ3v) is 4.04. The van der Waals surface area contributed by atoms with Crippen molar-refractivity contribution >= 4 is 5.82 Å². The van der Waals surface area contributed by atoms with Crippen LogP contribution in [0.2, 0.25) is 0 Å². The van der Waals surface area contributed by atoms with E-state index in [0.29, 0.717) is 0 Å². The van der Waals surface area contributed by atoms with E-state index in [1.807, 2.05) is 25.1 Å². The molecule has 0 amide bonds. The van der Waals surface area contributed by atoms with Gasteiger partial charge in [0.15, 0.2) is 5.82 Å². The summed E-state index contributed by atoms with van der Waals surface area (Å²) in [6, 6.07) is 12.4. The first-order valence-electron chi connectivity index (χ1n) is 7.49. The molecule has 21 heavy (non-hydrogen) atoms. The number of hydrogen-bond donors (Lipinski definition) is 1. The molecule has 0 bridgehead atoms. The Morgan fingerprint density at radius 2 is 1.81 bits per heavy atom. The van der Waals surface area contributed by atoms with E-state index in [1.54, 1.807) is 0 Å². The van der Waals surface area contributed by atoms with Gasteiger partial charge in [0.1, 0.15) is 11.5 Å². The predicted molar refractivity (Wildman–Crippen MR) is 84.6 cm³/mol. The van der Waals surface area contributed by atoms with Crippen LogP contribution in [-0.4, -0.2) is 28.0 Å². The fourth-order valence-corrected chi connectivity index (χ4v) is 3.02. The molecule has 0 aliphatic carbocycles. The van der Waals surface area contributed by atoms with Crippen molar-refractivity contribution in [1.29, 1.82) is 0 Å². The molecule has 0 radical (unpaired) electrons. The Bertz CT molecular complexity index is 726. The Balaban J connectivity index is 1.86. The highest BCUT2D eigenvalue weighted by Crippen LogP contribution is 2.34. The number of aromatic nitrogens is 3. The summed E-state index contributed by atoms with van der Waals surface area (Å²) in [6.07, 6.45) is 2.49. The van der Waals surface area contributed by atoms with Crippen molar-refractivity contribution in [2.75, 3.05) is 18.0 Å². The zero-order valence-electron chi connectivity index (χ0n) is 12.1. The zero-order valence-corrected chi connectivity index (χ0v) is 12.1. The third kappa shape index (κ3) is 2.17. The number of fused-ring (bicyclic) bond motifs is 1. The molecule has 1 saturated heterocycles. The second-order valence-corrected chi connectivity index (χ2v) is 5.61. The van der Waals surface area contributed by atoms with Gasteiger partial charge in [0.2, 0.25) is 0 Å². The maximum Gasteiger partial charge on any atom is 0.158 e. The summed E-state index contributed by atoms with van der Waals surface area (Å²) >= 11 is 0. The first-order chi connectivity index (χ1) is 10.3. The van der Waals surface area contributed by atoms with E-state index in [4.69, 9.17) is 9.97 Å². The largest absolute Gasteiger partial charge is 0.355 e. The smallest absolute Gasteiger partial charge is 0.158 e. The van der Waals surface area contributed by atoms with Crippen molar-refractivity contribution in [2.45, 2.75) is 19.8 Å². The van der Waals surface area contributed by atoms with E-state index in [9.17, 15) is 0 Å². The molecular weight excluding hydrogens is 260 g/mol. The summed E-state index contributed by atoms with van der Waals surface area (Å²) in [5.41, 5.74) is 4.21. The Kier molecular flexibility index (Phi) is 2.88. The van der Waals surface area contributed by atoms with Crippen molar-refractivity contribution < 1.29 is 0 Å². The number of H-pyrrole nitrogens is 1. The van der Waals surface area contributed by atoms with Crippen LogP contribution < -0.4 is 4.90 Å². The van der Waals surface area contributed by atoms with Gasteiger partial charge in [0.25, 0.3) is 0 Å². The molecule has 1 N–H and O–H groups in total. The molecule has 3 heterocycles. The summed E-state index contributed by atoms with van der Waals surface area (Å²) in [7, 11) is 0. The fraction of sp³-hybridized carbons (Fsp3) is 0.294. The SMILES string of the molecule is Cc1nc(N2CCCC2)c2nc(-c3ccccc3)cc-2[nH]1. The topological polar surface area (TPSA) is 44.8 Å². The highest BCUT2D eigenvalue weighted by atomic mass is 15.2. The normalized spacial score (nSPS) is 15.0. The van der Waals surface area contributed by atoms with Crippen LogP contribution >= 0.6 is 0 Å². The van der Waals surface area contributed by atoms with Crippen LogP contribution in [0.1, 0.15) is 18.7 Å². The minimum atomic E-state index is 0.941. The summed E-state index contributed by atoms with van der Waals surface area (Å²) in [5.74, 6) is 1.97. The number of hydrogen-bond acceptors (Lipinski definition) is 3. The lowest BCUT2D eigenvalue weighted by Gasteiger charge is -2.19. The summed E-state index contributed by atoms with van der Waals surface area (Å²) in [6.45, 7) is 4.17. The van der Waals surface area contributed by atoms with Crippen molar-refractivity contribution in [2.24, 2.45) is 0 Å². The maximum absolute atomic E-state index is 4.83. The van der Waals surface area contributed by atoms with Crippen LogP contribution in [-0.2, 0) is 0 Å². The van der Waals surface area contributed by atoms with Gasteiger partial charge in [0.05, 0.1) is 11.4 Å². The van der Waals surface area contributed by atoms with Gasteiger partial charge in [-0.25, -0.2) is 9.97 Å². The average Bonchev–Trinajstić information content (AvgIpc) is 3.16. The number of benzene rings is 1. The molecule has 0 spiro atoms. The van der Waals surface area contributed by atoms with Gasteiger partial charge in [-0.1, -0.05) is 30.3 Å². The first-order valence-corrected chi connectivity index (χ1v) is 7.49. The van der Waals surface area contributed by atoms with Crippen molar-refractivity contribution in [3.8, 4) is 22.6 Å².